The van der Waals surface area contributed by atoms with Gasteiger partial charge in [-0.2, -0.15) is 0 Å². The number of hydrogen-bond acceptors (Lipinski definition) is 5. The molecule has 1 aromatic carbocycles. The molecule has 1 aliphatic heterocycles. The van der Waals surface area contributed by atoms with E-state index in [1.807, 2.05) is 0 Å². The van der Waals surface area contributed by atoms with Crippen molar-refractivity contribution in [1.29, 1.82) is 0 Å². The molecule has 23 heavy (non-hydrogen) atoms. The number of nitrogens with zero attached hydrogens (tertiary/aromatic N) is 3. The fraction of sp³-hybridized carbons (Fsp3) is 0.429. The summed E-state index contributed by atoms with van der Waals surface area (Å²) in [4.78, 5) is 0. The van der Waals surface area contributed by atoms with Crippen molar-refractivity contribution < 1.29 is 23.0 Å². The summed E-state index contributed by atoms with van der Waals surface area (Å²) >= 11 is 0. The Morgan fingerprint density at radius 2 is 1.96 bits per heavy atom. The molecule has 1 saturated heterocycles. The van der Waals surface area contributed by atoms with Crippen LogP contribution in [0.25, 0.3) is 11.3 Å². The van der Waals surface area contributed by atoms with E-state index in [1.54, 1.807) is 0 Å². The lowest BCUT2D eigenvalue weighted by atomic mass is 10.0. The Morgan fingerprint density at radius 1 is 1.26 bits per heavy atom. The Labute approximate surface area is 129 Å². The number of aliphatic hydroxyl groups excluding tert-OH is 1. The van der Waals surface area contributed by atoms with Gasteiger partial charge in [-0.3, -0.25) is 0 Å². The van der Waals surface area contributed by atoms with Crippen LogP contribution in [0, 0.1) is 17.5 Å². The smallest absolute Gasteiger partial charge is 0.194 e. The number of benzene rings is 1. The Bertz CT molecular complexity index is 686. The van der Waals surface area contributed by atoms with Gasteiger partial charge >= 0.3 is 0 Å². The van der Waals surface area contributed by atoms with Gasteiger partial charge in [0, 0.05) is 12.0 Å². The summed E-state index contributed by atoms with van der Waals surface area (Å²) in [5.74, 6) is -4.10. The Morgan fingerprint density at radius 3 is 2.61 bits per heavy atom. The van der Waals surface area contributed by atoms with Crippen LogP contribution >= 0.6 is 0 Å². The molecule has 0 bridgehead atoms. The van der Waals surface area contributed by atoms with E-state index in [9.17, 15) is 18.3 Å². The van der Waals surface area contributed by atoms with Crippen LogP contribution in [0.1, 0.15) is 18.9 Å². The van der Waals surface area contributed by atoms with Crippen LogP contribution in [0.5, 0.6) is 0 Å². The van der Waals surface area contributed by atoms with Crippen molar-refractivity contribution in [1.82, 2.24) is 15.0 Å². The Balaban J connectivity index is 1.86. The van der Waals surface area contributed by atoms with Gasteiger partial charge in [0.25, 0.3) is 0 Å². The van der Waals surface area contributed by atoms with Crippen LogP contribution in [-0.2, 0) is 4.74 Å². The zero-order valence-corrected chi connectivity index (χ0v) is 12.0. The zero-order chi connectivity index (χ0) is 16.6. The SMILES string of the molecule is NC1CC(n2cc(-c3cc(F)c(F)c(F)c3)nn2)CC(CO)O1. The molecule has 0 aliphatic carbocycles. The van der Waals surface area contributed by atoms with Crippen molar-refractivity contribution >= 4 is 0 Å². The molecule has 124 valence electrons. The third-order valence-electron chi connectivity index (χ3n) is 3.77. The summed E-state index contributed by atoms with van der Waals surface area (Å²) in [5, 5.41) is 17.0. The Hall–Kier alpha value is -1.97. The molecule has 3 N–H and O–H groups in total. The highest BCUT2D eigenvalue weighted by molar-refractivity contribution is 5.57. The number of nitrogens with two attached hydrogens (primary N) is 1. The van der Waals surface area contributed by atoms with Crippen molar-refractivity contribution in [3.63, 3.8) is 0 Å². The molecule has 0 spiro atoms. The molecule has 0 amide bonds. The molecular weight excluding hydrogens is 313 g/mol. The number of aromatic nitrogens is 3. The second-order valence-electron chi connectivity index (χ2n) is 5.44. The number of ether oxygens (including phenoxy) is 1. The molecule has 1 aliphatic rings. The first-order chi connectivity index (χ1) is 11.0. The molecule has 0 saturated carbocycles. The number of rotatable bonds is 3. The van der Waals surface area contributed by atoms with Gasteiger partial charge in [0.05, 0.1) is 24.9 Å². The van der Waals surface area contributed by atoms with E-state index in [0.717, 1.165) is 12.1 Å². The summed E-state index contributed by atoms with van der Waals surface area (Å²) in [6, 6.07) is 1.56. The maximum atomic E-state index is 13.3. The maximum absolute atomic E-state index is 13.3. The summed E-state index contributed by atoms with van der Waals surface area (Å²) in [6.45, 7) is -0.167. The maximum Gasteiger partial charge on any atom is 0.194 e. The topological polar surface area (TPSA) is 86.2 Å². The molecule has 1 aromatic heterocycles. The van der Waals surface area contributed by atoms with Gasteiger partial charge in [-0.25, -0.2) is 17.9 Å². The molecule has 0 radical (unpaired) electrons. The van der Waals surface area contributed by atoms with Crippen LogP contribution in [-0.4, -0.2) is 39.0 Å². The second kappa shape index (κ2) is 6.26. The third kappa shape index (κ3) is 3.21. The molecule has 3 unspecified atom stereocenters. The minimum Gasteiger partial charge on any atom is -0.394 e. The molecule has 6 nitrogen and oxygen atoms in total. The summed E-state index contributed by atoms with van der Waals surface area (Å²) in [7, 11) is 0. The van der Waals surface area contributed by atoms with E-state index in [1.165, 1.54) is 10.9 Å². The van der Waals surface area contributed by atoms with E-state index in [-0.39, 0.29) is 23.9 Å². The van der Waals surface area contributed by atoms with Crippen molar-refractivity contribution in [2.24, 2.45) is 5.73 Å². The average Bonchev–Trinajstić information content (AvgIpc) is 3.01. The van der Waals surface area contributed by atoms with E-state index in [4.69, 9.17) is 10.5 Å². The van der Waals surface area contributed by atoms with E-state index < -0.39 is 29.8 Å². The molecule has 2 aromatic rings. The summed E-state index contributed by atoms with van der Waals surface area (Å²) < 4.78 is 46.5. The molecular formula is C14H15F3N4O2. The van der Waals surface area contributed by atoms with Gasteiger partial charge in [0.15, 0.2) is 17.5 Å². The molecule has 1 fully saturated rings. The fourth-order valence-electron chi connectivity index (χ4n) is 2.65. The van der Waals surface area contributed by atoms with Gasteiger partial charge in [-0.15, -0.1) is 5.10 Å². The van der Waals surface area contributed by atoms with Crippen LogP contribution in [0.4, 0.5) is 13.2 Å². The first-order valence-electron chi connectivity index (χ1n) is 7.06. The largest absolute Gasteiger partial charge is 0.394 e. The first-order valence-corrected chi connectivity index (χ1v) is 7.06. The van der Waals surface area contributed by atoms with Crippen molar-refractivity contribution in [2.45, 2.75) is 31.2 Å². The molecule has 2 heterocycles. The van der Waals surface area contributed by atoms with Crippen molar-refractivity contribution in [3.05, 3.63) is 35.8 Å². The highest BCUT2D eigenvalue weighted by atomic mass is 19.2. The van der Waals surface area contributed by atoms with E-state index in [2.05, 4.69) is 10.3 Å². The number of halogens is 3. The molecule has 3 rings (SSSR count). The highest BCUT2D eigenvalue weighted by Crippen LogP contribution is 2.28. The monoisotopic (exact) mass is 328 g/mol. The number of hydrogen-bond donors (Lipinski definition) is 2. The standard InChI is InChI=1S/C14H15F3N4O2/c15-10-1-7(2-11(16)14(10)17)12-5-21(20-19-12)8-3-9(6-22)23-13(18)4-8/h1-2,5,8-9,13,22H,3-4,6,18H2. The van der Waals surface area contributed by atoms with Crippen LogP contribution in [0.3, 0.4) is 0 Å². The summed E-state index contributed by atoms with van der Waals surface area (Å²) in [5.41, 5.74) is 6.06. The molecule has 9 heteroatoms. The van der Waals surface area contributed by atoms with E-state index >= 15 is 0 Å². The van der Waals surface area contributed by atoms with Crippen LogP contribution < -0.4 is 5.73 Å². The quantitative estimate of drug-likeness (QED) is 0.831. The van der Waals surface area contributed by atoms with Crippen molar-refractivity contribution in [2.75, 3.05) is 6.61 Å². The Kier molecular flexibility index (Phi) is 4.33. The molecule has 3 atom stereocenters. The predicted octanol–water partition coefficient (Wildman–Crippen LogP) is 1.36. The van der Waals surface area contributed by atoms with Gasteiger partial charge in [-0.1, -0.05) is 5.21 Å². The minimum atomic E-state index is -1.53. The minimum absolute atomic E-state index is 0.0858. The van der Waals surface area contributed by atoms with Crippen LogP contribution in [0.15, 0.2) is 18.3 Å². The second-order valence-corrected chi connectivity index (χ2v) is 5.44. The van der Waals surface area contributed by atoms with Gasteiger partial charge < -0.3 is 15.6 Å². The van der Waals surface area contributed by atoms with Gasteiger partial charge in [0.2, 0.25) is 0 Å². The lowest BCUT2D eigenvalue weighted by molar-refractivity contribution is -0.0864. The fourth-order valence-corrected chi connectivity index (χ4v) is 2.65. The summed E-state index contributed by atoms with van der Waals surface area (Å²) in [6.07, 6.45) is 1.50. The van der Waals surface area contributed by atoms with Gasteiger partial charge in [-0.05, 0) is 18.6 Å². The average molecular weight is 328 g/mol. The van der Waals surface area contributed by atoms with Crippen LogP contribution in [0.2, 0.25) is 0 Å². The number of aliphatic hydroxyl groups is 1. The van der Waals surface area contributed by atoms with E-state index in [0.29, 0.717) is 12.8 Å². The zero-order valence-electron chi connectivity index (χ0n) is 12.0. The first kappa shape index (κ1) is 15.9. The van der Waals surface area contributed by atoms with Gasteiger partial charge in [0.1, 0.15) is 11.9 Å². The third-order valence-corrected chi connectivity index (χ3v) is 3.77. The van der Waals surface area contributed by atoms with Crippen molar-refractivity contribution in [3.8, 4) is 11.3 Å². The normalized spacial score (nSPS) is 24.8. The highest BCUT2D eigenvalue weighted by Gasteiger charge is 2.29. The lowest BCUT2D eigenvalue weighted by Gasteiger charge is -2.32. The lowest BCUT2D eigenvalue weighted by Crippen LogP contribution is -2.40. The predicted molar refractivity (Wildman–Crippen MR) is 73.5 cm³/mol.